The van der Waals surface area contributed by atoms with Crippen LogP contribution >= 0.6 is 11.8 Å². The van der Waals surface area contributed by atoms with Crippen LogP contribution in [-0.4, -0.2) is 62.9 Å². The van der Waals surface area contributed by atoms with Crippen molar-refractivity contribution in [1.29, 1.82) is 0 Å². The Kier molecular flexibility index (Phi) is 8.33. The second kappa shape index (κ2) is 11.0. The molecule has 1 fully saturated rings. The number of carbonyl (C=O) groups excluding carboxylic acids is 1. The molecule has 7 heteroatoms. The van der Waals surface area contributed by atoms with E-state index in [9.17, 15) is 4.79 Å². The lowest BCUT2D eigenvalue weighted by atomic mass is 10.2. The van der Waals surface area contributed by atoms with Crippen LogP contribution in [0.1, 0.15) is 63.4 Å². The number of nitrogens with zero attached hydrogens (tertiary/aromatic N) is 5. The fourth-order valence-corrected chi connectivity index (χ4v) is 5.02. The van der Waals surface area contributed by atoms with E-state index in [-0.39, 0.29) is 17.2 Å². The molecule has 3 rings (SSSR count). The minimum absolute atomic E-state index is 0.172. The van der Waals surface area contributed by atoms with Gasteiger partial charge in [-0.25, -0.2) is 0 Å². The molecule has 1 aliphatic heterocycles. The third-order valence-corrected chi connectivity index (χ3v) is 6.85. The van der Waals surface area contributed by atoms with Gasteiger partial charge in [0.2, 0.25) is 5.91 Å². The van der Waals surface area contributed by atoms with E-state index in [1.807, 2.05) is 17.9 Å². The van der Waals surface area contributed by atoms with Crippen molar-refractivity contribution in [3.8, 4) is 0 Å². The Morgan fingerprint density at radius 1 is 1.10 bits per heavy atom. The largest absolute Gasteiger partial charge is 0.342 e. The molecule has 0 unspecified atom stereocenters. The van der Waals surface area contributed by atoms with Gasteiger partial charge in [-0.2, -0.15) is 0 Å². The van der Waals surface area contributed by atoms with Crippen LogP contribution in [-0.2, 0) is 11.3 Å². The third kappa shape index (κ3) is 5.64. The van der Waals surface area contributed by atoms with Crippen LogP contribution in [0.3, 0.4) is 0 Å². The van der Waals surface area contributed by atoms with Gasteiger partial charge in [-0.1, -0.05) is 61.9 Å². The number of rotatable bonds is 8. The van der Waals surface area contributed by atoms with Crippen molar-refractivity contribution in [3.05, 3.63) is 41.7 Å². The van der Waals surface area contributed by atoms with Gasteiger partial charge in [0, 0.05) is 13.1 Å². The molecule has 2 aromatic rings. The summed E-state index contributed by atoms with van der Waals surface area (Å²) in [4.78, 5) is 17.3. The first-order chi connectivity index (χ1) is 14.5. The maximum absolute atomic E-state index is 13.1. The number of likely N-dealkylation sites (tertiary alicyclic amines) is 1. The lowest BCUT2D eigenvalue weighted by molar-refractivity contribution is -0.130. The highest BCUT2D eigenvalue weighted by atomic mass is 32.2. The number of hydrogen-bond acceptors (Lipinski definition) is 5. The summed E-state index contributed by atoms with van der Waals surface area (Å²) in [5, 5.41) is 9.75. The Hall–Kier alpha value is -1.86. The summed E-state index contributed by atoms with van der Waals surface area (Å²) in [5.74, 6) is 1.18. The van der Waals surface area contributed by atoms with Gasteiger partial charge in [0.15, 0.2) is 11.0 Å². The maximum Gasteiger partial charge on any atom is 0.235 e. The predicted molar refractivity (Wildman–Crippen MR) is 123 cm³/mol. The topological polar surface area (TPSA) is 54.3 Å². The van der Waals surface area contributed by atoms with Crippen LogP contribution in [0.15, 0.2) is 35.5 Å². The molecule has 2 atom stereocenters. The number of carbonyl (C=O) groups is 1. The molecule has 30 heavy (non-hydrogen) atoms. The predicted octanol–water partition coefficient (Wildman–Crippen LogP) is 4.22. The fraction of sp³-hybridized carbons (Fsp3) is 0.609. The normalized spacial score (nSPS) is 17.0. The summed E-state index contributed by atoms with van der Waals surface area (Å²) >= 11 is 1.54. The lowest BCUT2D eigenvalue weighted by Gasteiger charge is -2.25. The van der Waals surface area contributed by atoms with E-state index in [0.717, 1.165) is 43.3 Å². The Morgan fingerprint density at radius 3 is 2.37 bits per heavy atom. The van der Waals surface area contributed by atoms with Gasteiger partial charge < -0.3 is 9.47 Å². The molecule has 1 amide bonds. The zero-order valence-electron chi connectivity index (χ0n) is 18.8. The van der Waals surface area contributed by atoms with Crippen molar-refractivity contribution in [2.75, 3.05) is 27.2 Å². The molecule has 6 nitrogen and oxygen atoms in total. The summed E-state index contributed by atoms with van der Waals surface area (Å²) in [6.45, 7) is 6.64. The highest BCUT2D eigenvalue weighted by molar-refractivity contribution is 8.00. The molecule has 0 aliphatic carbocycles. The van der Waals surface area contributed by atoms with E-state index in [0.29, 0.717) is 6.54 Å². The number of benzene rings is 1. The smallest absolute Gasteiger partial charge is 0.235 e. The summed E-state index contributed by atoms with van der Waals surface area (Å²) in [5.41, 5.74) is 1.21. The molecule has 1 aromatic carbocycles. The van der Waals surface area contributed by atoms with E-state index in [4.69, 9.17) is 0 Å². The molecule has 0 bridgehead atoms. The van der Waals surface area contributed by atoms with Crippen molar-refractivity contribution in [1.82, 2.24) is 24.6 Å². The second-order valence-electron chi connectivity index (χ2n) is 8.30. The first kappa shape index (κ1) is 22.8. The van der Waals surface area contributed by atoms with Gasteiger partial charge in [-0.15, -0.1) is 10.2 Å². The first-order valence-corrected chi connectivity index (χ1v) is 12.0. The van der Waals surface area contributed by atoms with Crippen molar-refractivity contribution in [2.45, 2.75) is 68.9 Å². The standard InChI is InChI=1S/C23H35N5OS/c1-5-20(26(3)4)21-24-25-23(28(21)17-19-13-9-8-10-14-19)30-18(2)22(29)27-15-11-6-7-12-16-27/h8-10,13-14,18,20H,5-7,11-12,15-17H2,1-4H3/t18-,20-/m0/s1. The summed E-state index contributed by atoms with van der Waals surface area (Å²) < 4.78 is 2.19. The van der Waals surface area contributed by atoms with Crippen molar-refractivity contribution in [3.63, 3.8) is 0 Å². The van der Waals surface area contributed by atoms with Gasteiger partial charge in [0.1, 0.15) is 0 Å². The Bertz CT molecular complexity index is 799. The molecule has 1 saturated heterocycles. The van der Waals surface area contributed by atoms with Gasteiger partial charge >= 0.3 is 0 Å². The summed E-state index contributed by atoms with van der Waals surface area (Å²) in [6.07, 6.45) is 5.62. The SMILES string of the molecule is CC[C@@H](c1nnc(S[C@@H](C)C(=O)N2CCCCCC2)n1Cc1ccccc1)N(C)C. The summed E-state index contributed by atoms with van der Waals surface area (Å²) in [7, 11) is 4.15. The number of hydrogen-bond donors (Lipinski definition) is 0. The molecule has 1 aromatic heterocycles. The van der Waals surface area contributed by atoms with Crippen molar-refractivity contribution < 1.29 is 4.79 Å². The van der Waals surface area contributed by atoms with Gasteiger partial charge in [-0.3, -0.25) is 9.69 Å². The monoisotopic (exact) mass is 429 g/mol. The molecular formula is C23H35N5OS. The minimum atomic E-state index is -0.172. The Morgan fingerprint density at radius 2 is 1.77 bits per heavy atom. The average Bonchev–Trinajstić information content (AvgIpc) is 2.95. The zero-order valence-corrected chi connectivity index (χ0v) is 19.6. The highest BCUT2D eigenvalue weighted by Crippen LogP contribution is 2.29. The first-order valence-electron chi connectivity index (χ1n) is 11.1. The third-order valence-electron chi connectivity index (χ3n) is 5.78. The molecule has 0 radical (unpaired) electrons. The van der Waals surface area contributed by atoms with E-state index >= 15 is 0 Å². The number of amides is 1. The van der Waals surface area contributed by atoms with Crippen LogP contribution in [0.4, 0.5) is 0 Å². The summed E-state index contributed by atoms with van der Waals surface area (Å²) in [6, 6.07) is 10.6. The molecule has 1 aliphatic rings. The van der Waals surface area contributed by atoms with Crippen molar-refractivity contribution in [2.24, 2.45) is 0 Å². The molecule has 0 saturated carbocycles. The van der Waals surface area contributed by atoms with Crippen LogP contribution in [0.2, 0.25) is 0 Å². The molecule has 0 spiro atoms. The minimum Gasteiger partial charge on any atom is -0.342 e. The second-order valence-corrected chi connectivity index (χ2v) is 9.61. The zero-order chi connectivity index (χ0) is 21.5. The van der Waals surface area contributed by atoms with Gasteiger partial charge in [0.05, 0.1) is 17.8 Å². The van der Waals surface area contributed by atoms with Crippen LogP contribution in [0, 0.1) is 0 Å². The lowest BCUT2D eigenvalue weighted by Crippen LogP contribution is -2.37. The van der Waals surface area contributed by atoms with E-state index in [1.165, 1.54) is 30.2 Å². The van der Waals surface area contributed by atoms with E-state index < -0.39 is 0 Å². The average molecular weight is 430 g/mol. The van der Waals surface area contributed by atoms with E-state index in [1.54, 1.807) is 0 Å². The van der Waals surface area contributed by atoms with Crippen molar-refractivity contribution >= 4 is 17.7 Å². The molecule has 164 valence electrons. The van der Waals surface area contributed by atoms with Gasteiger partial charge in [0.25, 0.3) is 0 Å². The quantitative estimate of drug-likeness (QED) is 0.588. The van der Waals surface area contributed by atoms with Crippen LogP contribution in [0.25, 0.3) is 0 Å². The van der Waals surface area contributed by atoms with E-state index in [2.05, 4.69) is 64.9 Å². The fourth-order valence-electron chi connectivity index (χ4n) is 4.08. The number of aromatic nitrogens is 3. The molecule has 0 N–H and O–H groups in total. The Balaban J connectivity index is 1.84. The molecule has 2 heterocycles. The maximum atomic E-state index is 13.1. The Labute approximate surface area is 185 Å². The molecular weight excluding hydrogens is 394 g/mol. The van der Waals surface area contributed by atoms with Crippen LogP contribution in [0.5, 0.6) is 0 Å². The number of thioether (sulfide) groups is 1. The highest BCUT2D eigenvalue weighted by Gasteiger charge is 2.27. The van der Waals surface area contributed by atoms with Gasteiger partial charge in [-0.05, 0) is 45.8 Å². The van der Waals surface area contributed by atoms with Crippen LogP contribution < -0.4 is 0 Å².